The number of hydrogen-bond acceptors (Lipinski definition) is 4. The fourth-order valence-electron chi connectivity index (χ4n) is 2.48. The molecule has 1 aromatic rings. The van der Waals surface area contributed by atoms with Gasteiger partial charge in [0.1, 0.15) is 0 Å². The molecule has 0 saturated heterocycles. The monoisotopic (exact) mass is 269 g/mol. The molecule has 2 rings (SSSR count). The number of aliphatic hydroxyl groups is 1. The number of aliphatic hydroxyl groups excluding tert-OH is 1. The normalized spacial score (nSPS) is 18.0. The Balaban J connectivity index is 2.08. The molecule has 5 heteroatoms. The molecule has 1 heterocycles. The van der Waals surface area contributed by atoms with Gasteiger partial charge in [0.15, 0.2) is 11.0 Å². The van der Waals surface area contributed by atoms with Crippen molar-refractivity contribution in [3.05, 3.63) is 16.5 Å². The average molecular weight is 270 g/mol. The Bertz CT molecular complexity index is 430. The molecule has 4 nitrogen and oxygen atoms in total. The zero-order valence-electron chi connectivity index (χ0n) is 11.0. The van der Waals surface area contributed by atoms with Crippen molar-refractivity contribution < 1.29 is 5.11 Å². The van der Waals surface area contributed by atoms with E-state index in [0.717, 1.165) is 24.2 Å². The van der Waals surface area contributed by atoms with Gasteiger partial charge >= 0.3 is 0 Å². The van der Waals surface area contributed by atoms with Crippen LogP contribution in [0.15, 0.2) is 0 Å². The van der Waals surface area contributed by atoms with Crippen molar-refractivity contribution in [1.29, 1.82) is 0 Å². The van der Waals surface area contributed by atoms with Crippen molar-refractivity contribution in [3.63, 3.8) is 0 Å². The molecule has 0 spiro atoms. The van der Waals surface area contributed by atoms with Crippen LogP contribution in [0, 0.1) is 19.3 Å². The molecular formula is C13H20ClN3O. The summed E-state index contributed by atoms with van der Waals surface area (Å²) in [5, 5.41) is 13.2. The maximum absolute atomic E-state index is 9.55. The third kappa shape index (κ3) is 2.75. The lowest BCUT2D eigenvalue weighted by Crippen LogP contribution is -2.31. The van der Waals surface area contributed by atoms with Gasteiger partial charge in [0.25, 0.3) is 0 Å². The van der Waals surface area contributed by atoms with E-state index in [1.807, 2.05) is 13.8 Å². The second-order valence-electron chi connectivity index (χ2n) is 5.25. The quantitative estimate of drug-likeness (QED) is 0.882. The van der Waals surface area contributed by atoms with Gasteiger partial charge in [0.05, 0.1) is 18.0 Å². The molecule has 0 aliphatic heterocycles. The Labute approximate surface area is 113 Å². The number of nitrogens with zero attached hydrogens (tertiary/aromatic N) is 2. The summed E-state index contributed by atoms with van der Waals surface area (Å²) >= 11 is 6.08. The standard InChI is InChI=1S/C13H20ClN3O/c1-9-10(2)17-12(11(14)16-9)15-7-13(8-18)5-3-4-6-13/h18H,3-8H2,1-2H3,(H,15,17). The smallest absolute Gasteiger partial charge is 0.171 e. The number of hydrogen-bond donors (Lipinski definition) is 2. The van der Waals surface area contributed by atoms with Crippen LogP contribution in [0.3, 0.4) is 0 Å². The molecule has 1 aliphatic carbocycles. The minimum absolute atomic E-state index is 0.0101. The fourth-order valence-corrected chi connectivity index (χ4v) is 2.71. The van der Waals surface area contributed by atoms with Gasteiger partial charge in [0.2, 0.25) is 0 Å². The van der Waals surface area contributed by atoms with Crippen molar-refractivity contribution in [3.8, 4) is 0 Å². The number of anilines is 1. The summed E-state index contributed by atoms with van der Waals surface area (Å²) in [5.41, 5.74) is 1.72. The summed E-state index contributed by atoms with van der Waals surface area (Å²) in [6.07, 6.45) is 4.50. The number of aryl methyl sites for hydroxylation is 2. The van der Waals surface area contributed by atoms with E-state index in [9.17, 15) is 5.11 Å². The van der Waals surface area contributed by atoms with Gasteiger partial charge in [-0.05, 0) is 26.7 Å². The van der Waals surface area contributed by atoms with E-state index in [-0.39, 0.29) is 12.0 Å². The predicted octanol–water partition coefficient (Wildman–Crippen LogP) is 2.71. The summed E-state index contributed by atoms with van der Waals surface area (Å²) in [6, 6.07) is 0. The van der Waals surface area contributed by atoms with Gasteiger partial charge in [-0.2, -0.15) is 0 Å². The third-order valence-corrected chi connectivity index (χ3v) is 4.16. The SMILES string of the molecule is Cc1nc(Cl)c(NCC2(CO)CCCC2)nc1C. The number of nitrogens with one attached hydrogen (secondary N) is 1. The maximum atomic E-state index is 9.55. The van der Waals surface area contributed by atoms with Crippen LogP contribution in [-0.2, 0) is 0 Å². The van der Waals surface area contributed by atoms with Crippen LogP contribution >= 0.6 is 11.6 Å². The molecule has 2 N–H and O–H groups in total. The van der Waals surface area contributed by atoms with Crippen LogP contribution in [0.2, 0.25) is 5.15 Å². The Morgan fingerprint density at radius 1 is 1.22 bits per heavy atom. The summed E-state index contributed by atoms with van der Waals surface area (Å²) in [4.78, 5) is 8.66. The van der Waals surface area contributed by atoms with E-state index < -0.39 is 0 Å². The lowest BCUT2D eigenvalue weighted by molar-refractivity contribution is 0.142. The topological polar surface area (TPSA) is 58.0 Å². The molecule has 0 aromatic carbocycles. The Morgan fingerprint density at radius 3 is 2.44 bits per heavy atom. The lowest BCUT2D eigenvalue weighted by atomic mass is 9.87. The summed E-state index contributed by atoms with van der Waals surface area (Å²) in [6.45, 7) is 4.74. The highest BCUT2D eigenvalue weighted by molar-refractivity contribution is 6.31. The van der Waals surface area contributed by atoms with Crippen molar-refractivity contribution in [2.24, 2.45) is 5.41 Å². The van der Waals surface area contributed by atoms with Crippen molar-refractivity contribution >= 4 is 17.4 Å². The predicted molar refractivity (Wildman–Crippen MR) is 73.0 cm³/mol. The van der Waals surface area contributed by atoms with E-state index in [1.54, 1.807) is 0 Å². The molecule has 1 aromatic heterocycles. The molecule has 100 valence electrons. The first-order chi connectivity index (χ1) is 8.56. The van der Waals surface area contributed by atoms with Crippen LogP contribution in [0.4, 0.5) is 5.82 Å². The Kier molecular flexibility index (Phi) is 4.07. The summed E-state index contributed by atoms with van der Waals surface area (Å²) < 4.78 is 0. The fraction of sp³-hybridized carbons (Fsp3) is 0.692. The largest absolute Gasteiger partial charge is 0.396 e. The lowest BCUT2D eigenvalue weighted by Gasteiger charge is -2.27. The number of halogens is 1. The van der Waals surface area contributed by atoms with E-state index >= 15 is 0 Å². The minimum Gasteiger partial charge on any atom is -0.396 e. The van der Waals surface area contributed by atoms with Crippen molar-refractivity contribution in [1.82, 2.24) is 9.97 Å². The first kappa shape index (κ1) is 13.6. The van der Waals surface area contributed by atoms with Gasteiger partial charge < -0.3 is 10.4 Å². The molecule has 0 atom stereocenters. The molecular weight excluding hydrogens is 250 g/mol. The highest BCUT2D eigenvalue weighted by Crippen LogP contribution is 2.37. The molecule has 1 fully saturated rings. The number of rotatable bonds is 4. The highest BCUT2D eigenvalue weighted by atomic mass is 35.5. The van der Waals surface area contributed by atoms with Crippen LogP contribution < -0.4 is 5.32 Å². The molecule has 0 unspecified atom stereocenters. The second kappa shape index (κ2) is 5.41. The van der Waals surface area contributed by atoms with Gasteiger partial charge in [0, 0.05) is 12.0 Å². The van der Waals surface area contributed by atoms with E-state index in [1.165, 1.54) is 12.8 Å². The first-order valence-corrected chi connectivity index (χ1v) is 6.80. The van der Waals surface area contributed by atoms with E-state index in [4.69, 9.17) is 11.6 Å². The molecule has 0 radical (unpaired) electrons. The van der Waals surface area contributed by atoms with Gasteiger partial charge in [-0.25, -0.2) is 9.97 Å². The summed E-state index contributed by atoms with van der Waals surface area (Å²) in [7, 11) is 0. The van der Waals surface area contributed by atoms with E-state index in [2.05, 4.69) is 15.3 Å². The highest BCUT2D eigenvalue weighted by Gasteiger charge is 2.33. The second-order valence-corrected chi connectivity index (χ2v) is 5.61. The van der Waals surface area contributed by atoms with Crippen LogP contribution in [-0.4, -0.2) is 28.2 Å². The molecule has 0 amide bonds. The molecule has 1 saturated carbocycles. The van der Waals surface area contributed by atoms with Crippen LogP contribution in [0.5, 0.6) is 0 Å². The van der Waals surface area contributed by atoms with Crippen molar-refractivity contribution in [2.45, 2.75) is 39.5 Å². The zero-order chi connectivity index (χ0) is 13.2. The molecule has 1 aliphatic rings. The maximum Gasteiger partial charge on any atom is 0.171 e. The summed E-state index contributed by atoms with van der Waals surface area (Å²) in [5.74, 6) is 0.625. The zero-order valence-corrected chi connectivity index (χ0v) is 11.7. The average Bonchev–Trinajstić information content (AvgIpc) is 2.82. The van der Waals surface area contributed by atoms with E-state index in [0.29, 0.717) is 17.5 Å². The van der Waals surface area contributed by atoms with Crippen LogP contribution in [0.1, 0.15) is 37.1 Å². The third-order valence-electron chi connectivity index (χ3n) is 3.89. The molecule has 18 heavy (non-hydrogen) atoms. The Morgan fingerprint density at radius 2 is 1.83 bits per heavy atom. The molecule has 0 bridgehead atoms. The van der Waals surface area contributed by atoms with Crippen molar-refractivity contribution in [2.75, 3.05) is 18.5 Å². The van der Waals surface area contributed by atoms with Gasteiger partial charge in [-0.1, -0.05) is 24.4 Å². The number of aromatic nitrogens is 2. The Hall–Kier alpha value is -0.870. The van der Waals surface area contributed by atoms with Gasteiger partial charge in [-0.3, -0.25) is 0 Å². The van der Waals surface area contributed by atoms with Gasteiger partial charge in [-0.15, -0.1) is 0 Å². The first-order valence-electron chi connectivity index (χ1n) is 6.42. The van der Waals surface area contributed by atoms with Crippen LogP contribution in [0.25, 0.3) is 0 Å². The minimum atomic E-state index is -0.0101.